The van der Waals surface area contributed by atoms with Crippen LogP contribution in [-0.4, -0.2) is 3.98 Å². The Morgan fingerprint density at radius 1 is 1.50 bits per heavy atom. The summed E-state index contributed by atoms with van der Waals surface area (Å²) in [5.41, 5.74) is 0. The third-order valence-electron chi connectivity index (χ3n) is 0.163. The van der Waals surface area contributed by atoms with E-state index in [4.69, 9.17) is 34.8 Å². The molecule has 0 fully saturated rings. The molecule has 0 aromatic rings. The summed E-state index contributed by atoms with van der Waals surface area (Å²) in [5, 5.41) is 0. The zero-order valence-electron chi connectivity index (χ0n) is 3.27. The number of hydrogen-bond donors (Lipinski definition) is 0. The summed E-state index contributed by atoms with van der Waals surface area (Å²) < 4.78 is 12.0. The maximum atomic E-state index is 9.91. The average molecular weight is 215 g/mol. The number of halogens is 3. The van der Waals surface area contributed by atoms with E-state index in [1.165, 1.54) is 0 Å². The first kappa shape index (κ1) is 9.20. The summed E-state index contributed by atoms with van der Waals surface area (Å²) in [6, 6.07) is 0. The molecule has 7 heteroatoms. The lowest BCUT2D eigenvalue weighted by molar-refractivity contribution is 0.356. The molecule has 0 aromatic carbocycles. The van der Waals surface area contributed by atoms with Crippen LogP contribution in [-0.2, 0) is 29.2 Å². The van der Waals surface area contributed by atoms with Gasteiger partial charge in [0.15, 0.2) is 0 Å². The molecule has 0 spiro atoms. The topological polar surface area (TPSA) is 26.3 Å². The molecule has 0 saturated heterocycles. The smallest absolute Gasteiger partial charge is 0.281 e. The molecule has 0 aliphatic rings. The van der Waals surface area contributed by atoms with Gasteiger partial charge in [0.2, 0.25) is 0 Å². The molecular formula is CCl3O2S2-. The van der Waals surface area contributed by atoms with Crippen molar-refractivity contribution >= 4 is 55.6 Å². The van der Waals surface area contributed by atoms with Crippen LogP contribution in [0.5, 0.6) is 0 Å². The minimum absolute atomic E-state index is 1.95. The Morgan fingerprint density at radius 2 is 1.88 bits per heavy atom. The van der Waals surface area contributed by atoms with E-state index in [1.807, 2.05) is 0 Å². The number of alkyl halides is 3. The Hall–Kier alpha value is 1.20. The molecule has 0 aromatic heterocycles. The zero-order valence-corrected chi connectivity index (χ0v) is 7.17. The number of rotatable bonds is 1. The van der Waals surface area contributed by atoms with Crippen molar-refractivity contribution in [3.05, 3.63) is 0 Å². The van der Waals surface area contributed by atoms with Gasteiger partial charge in [-0.15, -0.1) is 0 Å². The number of hydrogen-bond acceptors (Lipinski definition) is 4. The molecule has 0 N–H and O–H groups in total. The first-order chi connectivity index (χ1) is 3.42. The largest absolute Gasteiger partial charge is 0.425 e. The lowest BCUT2D eigenvalue weighted by atomic mass is 11.7. The third kappa shape index (κ3) is 7.20. The van der Waals surface area contributed by atoms with Gasteiger partial charge in [-0.2, -0.15) is 0 Å². The minimum atomic E-state index is -1.97. The van der Waals surface area contributed by atoms with Crippen molar-refractivity contribution in [2.24, 2.45) is 0 Å². The predicted molar refractivity (Wildman–Crippen MR) is 36.8 cm³/mol. The van der Waals surface area contributed by atoms with E-state index < -0.39 is 13.6 Å². The summed E-state index contributed by atoms with van der Waals surface area (Å²) >= 11 is 19.0. The molecule has 0 unspecified atom stereocenters. The average Bonchev–Trinajstić information content (AvgIpc) is 1.21. The molecule has 0 radical (unpaired) electrons. The molecule has 2 nitrogen and oxygen atoms in total. The van der Waals surface area contributed by atoms with Crippen LogP contribution in [0.15, 0.2) is 0 Å². The van der Waals surface area contributed by atoms with Gasteiger partial charge in [-0.25, -0.2) is 11.2 Å². The van der Waals surface area contributed by atoms with Crippen LogP contribution >= 0.6 is 34.8 Å². The van der Waals surface area contributed by atoms with Crippen molar-refractivity contribution in [2.75, 3.05) is 0 Å². The molecule has 0 amide bonds. The van der Waals surface area contributed by atoms with Crippen LogP contribution in [0.4, 0.5) is 0 Å². The van der Waals surface area contributed by atoms with Gasteiger partial charge in [-0.1, -0.05) is 44.4 Å². The van der Waals surface area contributed by atoms with Gasteiger partial charge in [0.05, 0.1) is 0 Å². The molecule has 0 aliphatic carbocycles. The van der Waals surface area contributed by atoms with Gasteiger partial charge >= 0.3 is 0 Å². The second kappa shape index (κ2) is 3.39. The van der Waals surface area contributed by atoms with Crippen LogP contribution in [0.2, 0.25) is 0 Å². The van der Waals surface area contributed by atoms with Gasteiger partial charge in [-0.3, -0.25) is 0 Å². The van der Waals surface area contributed by atoms with Crippen LogP contribution < -0.4 is 0 Å². The summed E-state index contributed by atoms with van der Waals surface area (Å²) in [6.07, 6.45) is 0. The molecule has 50 valence electrons. The fourth-order valence-corrected chi connectivity index (χ4v) is 1.39. The molecule has 8 heavy (non-hydrogen) atoms. The van der Waals surface area contributed by atoms with Crippen LogP contribution in [0.1, 0.15) is 0 Å². The Labute approximate surface area is 68.0 Å². The molecule has 0 aliphatic heterocycles. The highest BCUT2D eigenvalue weighted by Gasteiger charge is 2.15. The Bertz CT molecular complexity index is 127. The SMILES string of the molecule is O=[S-](=S)OC(Cl)(Cl)Cl. The van der Waals surface area contributed by atoms with Crippen LogP contribution in [0, 0.1) is 0 Å². The normalized spacial score (nSPS) is 12.5. The summed E-state index contributed by atoms with van der Waals surface area (Å²) in [7, 11) is -1.95. The van der Waals surface area contributed by atoms with Crippen LogP contribution in [0.25, 0.3) is 0 Å². The zero-order chi connectivity index (χ0) is 6.78. The Morgan fingerprint density at radius 3 is 1.88 bits per heavy atom. The Kier molecular flexibility index (Phi) is 3.90. The second-order valence-electron chi connectivity index (χ2n) is 0.733. The van der Waals surface area contributed by atoms with Gasteiger partial charge in [0.1, 0.15) is 0 Å². The Balaban J connectivity index is 3.73. The van der Waals surface area contributed by atoms with Crippen molar-refractivity contribution in [2.45, 2.75) is 3.98 Å². The monoisotopic (exact) mass is 213 g/mol. The lowest BCUT2D eigenvalue weighted by Crippen LogP contribution is -2.05. The summed E-state index contributed by atoms with van der Waals surface area (Å²) in [6.45, 7) is 0. The van der Waals surface area contributed by atoms with Gasteiger partial charge in [0, 0.05) is 0 Å². The maximum Gasteiger partial charge on any atom is 0.281 e. The van der Waals surface area contributed by atoms with Crippen molar-refractivity contribution in [3.63, 3.8) is 0 Å². The highest BCUT2D eigenvalue weighted by molar-refractivity contribution is 8.19. The van der Waals surface area contributed by atoms with Crippen molar-refractivity contribution in [3.8, 4) is 0 Å². The van der Waals surface area contributed by atoms with Crippen LogP contribution in [0.3, 0.4) is 0 Å². The molecule has 0 atom stereocenters. The summed E-state index contributed by atoms with van der Waals surface area (Å²) in [5.74, 6) is 0. The van der Waals surface area contributed by atoms with Crippen molar-refractivity contribution in [1.29, 1.82) is 0 Å². The highest BCUT2D eigenvalue weighted by Crippen LogP contribution is 2.27. The molecule has 0 rings (SSSR count). The van der Waals surface area contributed by atoms with E-state index >= 15 is 0 Å². The first-order valence-corrected chi connectivity index (χ1v) is 4.40. The lowest BCUT2D eigenvalue weighted by Gasteiger charge is -2.12. The molecule has 0 saturated carbocycles. The van der Waals surface area contributed by atoms with Gasteiger partial charge < -0.3 is 8.39 Å². The van der Waals surface area contributed by atoms with E-state index in [0.717, 1.165) is 0 Å². The molecular weight excluding hydrogens is 215 g/mol. The van der Waals surface area contributed by atoms with E-state index in [0.29, 0.717) is 0 Å². The van der Waals surface area contributed by atoms with Crippen molar-refractivity contribution in [1.82, 2.24) is 0 Å². The summed E-state index contributed by atoms with van der Waals surface area (Å²) in [4.78, 5) is 0. The second-order valence-corrected chi connectivity index (χ2v) is 4.30. The quantitative estimate of drug-likeness (QED) is 0.491. The predicted octanol–water partition coefficient (Wildman–Crippen LogP) is 1.67. The fraction of sp³-hybridized carbons (Fsp3) is 1.00. The maximum absolute atomic E-state index is 9.91. The molecule has 0 bridgehead atoms. The van der Waals surface area contributed by atoms with E-state index in [1.54, 1.807) is 0 Å². The molecule has 0 heterocycles. The third-order valence-corrected chi connectivity index (χ3v) is 1.26. The van der Waals surface area contributed by atoms with Gasteiger partial charge in [0.25, 0.3) is 3.98 Å². The highest BCUT2D eigenvalue weighted by atomic mass is 35.6. The van der Waals surface area contributed by atoms with E-state index in [2.05, 4.69) is 15.4 Å². The van der Waals surface area contributed by atoms with E-state index in [-0.39, 0.29) is 0 Å². The van der Waals surface area contributed by atoms with Gasteiger partial charge in [-0.05, 0) is 0 Å². The first-order valence-electron chi connectivity index (χ1n) is 1.27. The van der Waals surface area contributed by atoms with Crippen molar-refractivity contribution < 1.29 is 8.39 Å². The fourth-order valence-electron chi connectivity index (χ4n) is 0.0772. The minimum Gasteiger partial charge on any atom is -0.425 e. The standard InChI is InChI=1S/CCl3O2S2/c2-1(3,4)6-8(5)7/q-1. The van der Waals surface area contributed by atoms with E-state index in [9.17, 15) is 4.21 Å².